The van der Waals surface area contributed by atoms with E-state index >= 15 is 0 Å². The number of fused-ring (bicyclic) bond motifs is 1. The van der Waals surface area contributed by atoms with Gasteiger partial charge in [0.1, 0.15) is 5.70 Å². The summed E-state index contributed by atoms with van der Waals surface area (Å²) < 4.78 is 0. The number of benzene rings is 2. The smallest absolute Gasteiger partial charge is 0.272 e. The predicted molar refractivity (Wildman–Crippen MR) is 93.7 cm³/mol. The van der Waals surface area contributed by atoms with Crippen LogP contribution in [0.3, 0.4) is 0 Å². The largest absolute Gasteiger partial charge is 0.349 e. The molecule has 1 heterocycles. The second kappa shape index (κ2) is 7.10. The molecule has 3 rings (SSSR count). The molecule has 3 N–H and O–H groups in total. The Morgan fingerprint density at radius 1 is 1.12 bits per heavy atom. The summed E-state index contributed by atoms with van der Waals surface area (Å²) in [5.41, 5.74) is 4.78. The van der Waals surface area contributed by atoms with Crippen LogP contribution in [0.2, 0.25) is 0 Å². The van der Waals surface area contributed by atoms with Crippen molar-refractivity contribution >= 4 is 29.4 Å². The van der Waals surface area contributed by atoms with Gasteiger partial charge in [0.2, 0.25) is 0 Å². The van der Waals surface area contributed by atoms with Crippen LogP contribution in [0.4, 0.5) is 11.4 Å². The number of anilines is 2. The number of nitrogens with one attached hydrogen (secondary N) is 3. The fourth-order valence-electron chi connectivity index (χ4n) is 2.19. The molecule has 2 aromatic rings. The number of rotatable bonds is 3. The van der Waals surface area contributed by atoms with E-state index in [0.29, 0.717) is 16.9 Å². The number of nitrogens with zero attached hydrogens (tertiary/aromatic N) is 2. The Kier molecular flexibility index (Phi) is 4.53. The minimum absolute atomic E-state index is 0.0876. The van der Waals surface area contributed by atoms with E-state index in [9.17, 15) is 9.59 Å². The lowest BCUT2D eigenvalue weighted by atomic mass is 10.1. The number of amides is 2. The third-order valence-electron chi connectivity index (χ3n) is 3.37. The standard InChI is InChI=1S/C18H13N5O2/c19-10-13-6-7-14-15(8-13)22-18(25)16(21-14)9-17(24)23-20-11-12-4-2-1-3-5-12/h1-9,11,21H,(H,22,25)(H,23,24)/b16-9+,20-11+. The zero-order valence-corrected chi connectivity index (χ0v) is 13.0. The van der Waals surface area contributed by atoms with Gasteiger partial charge in [-0.3, -0.25) is 9.59 Å². The Morgan fingerprint density at radius 2 is 1.92 bits per heavy atom. The maximum absolute atomic E-state index is 12.0. The molecule has 0 radical (unpaired) electrons. The average molecular weight is 331 g/mol. The highest BCUT2D eigenvalue weighted by Crippen LogP contribution is 2.28. The van der Waals surface area contributed by atoms with Gasteiger partial charge in [-0.05, 0) is 23.8 Å². The minimum atomic E-state index is -0.540. The third-order valence-corrected chi connectivity index (χ3v) is 3.37. The second-order valence-corrected chi connectivity index (χ2v) is 5.15. The Morgan fingerprint density at radius 3 is 2.68 bits per heavy atom. The molecule has 1 aliphatic rings. The molecular formula is C18H13N5O2. The Balaban J connectivity index is 1.68. The highest BCUT2D eigenvalue weighted by Gasteiger charge is 2.20. The van der Waals surface area contributed by atoms with E-state index < -0.39 is 11.8 Å². The van der Waals surface area contributed by atoms with Gasteiger partial charge in [0.15, 0.2) is 0 Å². The molecule has 0 atom stereocenters. The van der Waals surface area contributed by atoms with Crippen molar-refractivity contribution in [1.82, 2.24) is 5.43 Å². The van der Waals surface area contributed by atoms with Crippen molar-refractivity contribution < 1.29 is 9.59 Å². The normalized spacial score (nSPS) is 14.4. The molecule has 0 spiro atoms. The lowest BCUT2D eigenvalue weighted by Crippen LogP contribution is -2.28. The number of hydrogen-bond donors (Lipinski definition) is 3. The van der Waals surface area contributed by atoms with Gasteiger partial charge in [0.25, 0.3) is 11.8 Å². The van der Waals surface area contributed by atoms with Crippen LogP contribution < -0.4 is 16.1 Å². The van der Waals surface area contributed by atoms with E-state index in [1.54, 1.807) is 18.2 Å². The lowest BCUT2D eigenvalue weighted by Gasteiger charge is -2.20. The number of hydrazone groups is 1. The quantitative estimate of drug-likeness (QED) is 0.454. The van der Waals surface area contributed by atoms with Crippen LogP contribution in [0.25, 0.3) is 0 Å². The molecule has 7 nitrogen and oxygen atoms in total. The highest BCUT2D eigenvalue weighted by molar-refractivity contribution is 6.13. The fourth-order valence-corrected chi connectivity index (χ4v) is 2.19. The Labute approximate surface area is 143 Å². The zero-order valence-electron chi connectivity index (χ0n) is 13.0. The van der Waals surface area contributed by atoms with Gasteiger partial charge in [-0.2, -0.15) is 10.4 Å². The van der Waals surface area contributed by atoms with E-state index in [4.69, 9.17) is 5.26 Å². The third kappa shape index (κ3) is 3.89. The summed E-state index contributed by atoms with van der Waals surface area (Å²) in [7, 11) is 0. The van der Waals surface area contributed by atoms with Crippen molar-refractivity contribution in [1.29, 1.82) is 5.26 Å². The molecule has 25 heavy (non-hydrogen) atoms. The highest BCUT2D eigenvalue weighted by atomic mass is 16.2. The van der Waals surface area contributed by atoms with Crippen molar-refractivity contribution in [2.75, 3.05) is 10.6 Å². The summed E-state index contributed by atoms with van der Waals surface area (Å²) in [5.74, 6) is -1.01. The molecule has 0 aliphatic carbocycles. The van der Waals surface area contributed by atoms with Crippen molar-refractivity contribution in [3.8, 4) is 6.07 Å². The average Bonchev–Trinajstić information content (AvgIpc) is 2.63. The van der Waals surface area contributed by atoms with E-state index in [0.717, 1.165) is 11.6 Å². The predicted octanol–water partition coefficient (Wildman–Crippen LogP) is 1.96. The summed E-state index contributed by atoms with van der Waals surface area (Å²) in [4.78, 5) is 23.9. The summed E-state index contributed by atoms with van der Waals surface area (Å²) >= 11 is 0. The van der Waals surface area contributed by atoms with Gasteiger partial charge < -0.3 is 10.6 Å². The molecule has 0 fully saturated rings. The van der Waals surface area contributed by atoms with Crippen molar-refractivity contribution in [3.05, 3.63) is 71.4 Å². The number of carbonyl (C=O) groups is 2. The van der Waals surface area contributed by atoms with Gasteiger partial charge in [0.05, 0.1) is 29.2 Å². The first-order valence-electron chi connectivity index (χ1n) is 7.38. The molecule has 2 amide bonds. The van der Waals surface area contributed by atoms with Crippen molar-refractivity contribution in [3.63, 3.8) is 0 Å². The van der Waals surface area contributed by atoms with Crippen molar-refractivity contribution in [2.24, 2.45) is 5.10 Å². The molecule has 7 heteroatoms. The van der Waals surface area contributed by atoms with Crippen LogP contribution in [0.15, 0.2) is 65.4 Å². The van der Waals surface area contributed by atoms with E-state index in [1.165, 1.54) is 6.21 Å². The first-order valence-corrected chi connectivity index (χ1v) is 7.38. The van der Waals surface area contributed by atoms with E-state index in [1.807, 2.05) is 36.4 Å². The van der Waals surface area contributed by atoms with Crippen LogP contribution in [0, 0.1) is 11.3 Å². The molecule has 0 bridgehead atoms. The summed E-state index contributed by atoms with van der Waals surface area (Å²) in [6.07, 6.45) is 2.63. The van der Waals surface area contributed by atoms with Crippen LogP contribution in [-0.2, 0) is 9.59 Å². The summed E-state index contributed by atoms with van der Waals surface area (Å²) in [5, 5.41) is 18.2. The maximum Gasteiger partial charge on any atom is 0.272 e. The number of carbonyl (C=O) groups excluding carboxylic acids is 2. The maximum atomic E-state index is 12.0. The molecule has 122 valence electrons. The van der Waals surface area contributed by atoms with E-state index in [-0.39, 0.29) is 5.70 Å². The molecule has 2 aromatic carbocycles. The molecule has 0 saturated carbocycles. The Bertz CT molecular complexity index is 926. The molecular weight excluding hydrogens is 318 g/mol. The summed E-state index contributed by atoms with van der Waals surface area (Å²) in [6.45, 7) is 0. The van der Waals surface area contributed by atoms with Gasteiger partial charge in [0, 0.05) is 6.08 Å². The Hall–Kier alpha value is -3.92. The molecule has 0 unspecified atom stereocenters. The number of hydrogen-bond acceptors (Lipinski definition) is 5. The van der Waals surface area contributed by atoms with Gasteiger partial charge >= 0.3 is 0 Å². The van der Waals surface area contributed by atoms with Gasteiger partial charge in [-0.1, -0.05) is 30.3 Å². The monoisotopic (exact) mass is 331 g/mol. The summed E-state index contributed by atoms with van der Waals surface area (Å²) in [6, 6.07) is 16.1. The molecule has 0 aromatic heterocycles. The van der Waals surface area contributed by atoms with Crippen LogP contribution in [0.5, 0.6) is 0 Å². The van der Waals surface area contributed by atoms with Gasteiger partial charge in [-0.25, -0.2) is 5.43 Å². The minimum Gasteiger partial charge on any atom is -0.349 e. The topological polar surface area (TPSA) is 106 Å². The fraction of sp³-hybridized carbons (Fsp3) is 0. The molecule has 1 aliphatic heterocycles. The first-order chi connectivity index (χ1) is 12.2. The second-order valence-electron chi connectivity index (χ2n) is 5.15. The SMILES string of the molecule is N#Cc1ccc2c(c1)NC(=O)/C(=C\C(=O)N/N=C/c1ccccc1)N2. The van der Waals surface area contributed by atoms with E-state index in [2.05, 4.69) is 21.2 Å². The number of nitriles is 1. The first kappa shape index (κ1) is 16.0. The zero-order chi connectivity index (χ0) is 17.6. The van der Waals surface area contributed by atoms with Crippen LogP contribution in [0.1, 0.15) is 11.1 Å². The van der Waals surface area contributed by atoms with Crippen LogP contribution >= 0.6 is 0 Å². The lowest BCUT2D eigenvalue weighted by molar-refractivity contribution is -0.117. The van der Waals surface area contributed by atoms with Crippen molar-refractivity contribution in [2.45, 2.75) is 0 Å². The van der Waals surface area contributed by atoms with Gasteiger partial charge in [-0.15, -0.1) is 0 Å². The molecule has 0 saturated heterocycles. The van der Waals surface area contributed by atoms with Crippen LogP contribution in [-0.4, -0.2) is 18.0 Å².